The van der Waals surface area contributed by atoms with Crippen LogP contribution in [-0.2, 0) is 4.79 Å². The molecule has 0 spiro atoms. The Balaban J connectivity index is 2.04. The number of anilines is 2. The van der Waals surface area contributed by atoms with Crippen LogP contribution in [0.4, 0.5) is 15.8 Å². The van der Waals surface area contributed by atoms with Gasteiger partial charge in [-0.2, -0.15) is 11.2 Å². The first-order chi connectivity index (χ1) is 12.3. The summed E-state index contributed by atoms with van der Waals surface area (Å²) in [6, 6.07) is 12.5. The molecule has 0 unspecified atom stereocenters. The Labute approximate surface area is 155 Å². The highest BCUT2D eigenvalue weighted by atomic mass is 32.1. The minimum Gasteiger partial charge on any atom is -0.412 e. The summed E-state index contributed by atoms with van der Waals surface area (Å²) in [5.74, 6) is 4.59. The Kier molecular flexibility index (Phi) is 4.36. The van der Waals surface area contributed by atoms with E-state index in [0.29, 0.717) is 11.4 Å². The van der Waals surface area contributed by atoms with Crippen LogP contribution in [0.15, 0.2) is 42.5 Å². The van der Waals surface area contributed by atoms with Crippen molar-refractivity contribution >= 4 is 34.6 Å². The van der Waals surface area contributed by atoms with Gasteiger partial charge in [0.05, 0.1) is 11.3 Å². The molecule has 1 amide bonds. The summed E-state index contributed by atoms with van der Waals surface area (Å²) in [6.45, 7) is 3.46. The molecule has 0 radical (unpaired) electrons. The highest BCUT2D eigenvalue weighted by molar-refractivity contribution is 7.81. The SMILES string of the molecule is CC1(C)C(=O)N(c2ccc(C#N)c(F)c2)C(=S)N1c1ccc(ON)cc1. The lowest BCUT2D eigenvalue weighted by Gasteiger charge is -2.29. The lowest BCUT2D eigenvalue weighted by molar-refractivity contribution is -0.120. The van der Waals surface area contributed by atoms with Gasteiger partial charge in [-0.25, -0.2) is 4.39 Å². The van der Waals surface area contributed by atoms with E-state index in [9.17, 15) is 9.18 Å². The van der Waals surface area contributed by atoms with Gasteiger partial charge in [0, 0.05) is 5.69 Å². The molecule has 1 aliphatic rings. The van der Waals surface area contributed by atoms with Crippen molar-refractivity contribution in [2.24, 2.45) is 5.90 Å². The summed E-state index contributed by atoms with van der Waals surface area (Å²) in [6.07, 6.45) is 0. The summed E-state index contributed by atoms with van der Waals surface area (Å²) in [7, 11) is 0. The molecule has 26 heavy (non-hydrogen) atoms. The molecule has 0 aliphatic carbocycles. The van der Waals surface area contributed by atoms with Crippen molar-refractivity contribution in [3.8, 4) is 11.8 Å². The maximum absolute atomic E-state index is 14.0. The topological polar surface area (TPSA) is 82.6 Å². The zero-order valence-corrected chi connectivity index (χ0v) is 14.9. The molecule has 2 aromatic rings. The fourth-order valence-corrected chi connectivity index (χ4v) is 3.39. The Morgan fingerprint density at radius 3 is 2.35 bits per heavy atom. The Morgan fingerprint density at radius 1 is 1.19 bits per heavy atom. The third-order valence-corrected chi connectivity index (χ3v) is 4.60. The van der Waals surface area contributed by atoms with Gasteiger partial charge in [-0.05, 0) is 68.5 Å². The summed E-state index contributed by atoms with van der Waals surface area (Å²) in [5, 5.41) is 9.08. The van der Waals surface area contributed by atoms with E-state index in [2.05, 4.69) is 4.84 Å². The molecule has 3 rings (SSSR count). The first kappa shape index (κ1) is 17.8. The zero-order valence-electron chi connectivity index (χ0n) is 14.1. The molecule has 0 aromatic heterocycles. The van der Waals surface area contributed by atoms with E-state index in [1.54, 1.807) is 49.1 Å². The molecular formula is C18H15FN4O2S. The van der Waals surface area contributed by atoms with E-state index >= 15 is 0 Å². The summed E-state index contributed by atoms with van der Waals surface area (Å²) in [4.78, 5) is 20.6. The van der Waals surface area contributed by atoms with Crippen molar-refractivity contribution < 1.29 is 14.0 Å². The minimum absolute atomic E-state index is 0.0974. The molecule has 2 N–H and O–H groups in total. The average Bonchev–Trinajstić information content (AvgIpc) is 2.80. The number of nitrogens with zero attached hydrogens (tertiary/aromatic N) is 3. The average molecular weight is 370 g/mol. The van der Waals surface area contributed by atoms with Crippen LogP contribution >= 0.6 is 12.2 Å². The van der Waals surface area contributed by atoms with Crippen LogP contribution in [0.5, 0.6) is 5.75 Å². The lowest BCUT2D eigenvalue weighted by Crippen LogP contribution is -2.44. The van der Waals surface area contributed by atoms with Gasteiger partial charge in [0.2, 0.25) is 0 Å². The molecule has 8 heteroatoms. The van der Waals surface area contributed by atoms with E-state index in [1.165, 1.54) is 17.0 Å². The van der Waals surface area contributed by atoms with Gasteiger partial charge in [0.1, 0.15) is 23.2 Å². The van der Waals surface area contributed by atoms with Crippen molar-refractivity contribution in [3.63, 3.8) is 0 Å². The Bertz CT molecular complexity index is 937. The van der Waals surface area contributed by atoms with Crippen LogP contribution in [0.2, 0.25) is 0 Å². The fourth-order valence-electron chi connectivity index (χ4n) is 2.86. The van der Waals surface area contributed by atoms with Crippen molar-refractivity contribution in [2.75, 3.05) is 9.80 Å². The van der Waals surface area contributed by atoms with Crippen LogP contribution in [0.25, 0.3) is 0 Å². The number of thiocarbonyl (C=S) groups is 1. The monoisotopic (exact) mass is 370 g/mol. The van der Waals surface area contributed by atoms with Gasteiger partial charge in [0.25, 0.3) is 5.91 Å². The molecule has 1 saturated heterocycles. The highest BCUT2D eigenvalue weighted by Crippen LogP contribution is 2.37. The van der Waals surface area contributed by atoms with Gasteiger partial charge < -0.3 is 9.74 Å². The maximum Gasteiger partial charge on any atom is 0.259 e. The third kappa shape index (κ3) is 2.67. The van der Waals surface area contributed by atoms with E-state index in [-0.39, 0.29) is 22.3 Å². The zero-order chi connectivity index (χ0) is 19.1. The van der Waals surface area contributed by atoms with E-state index < -0.39 is 11.4 Å². The number of carbonyl (C=O) groups is 1. The summed E-state index contributed by atoms with van der Waals surface area (Å²) >= 11 is 5.51. The van der Waals surface area contributed by atoms with Crippen LogP contribution in [0, 0.1) is 17.1 Å². The molecule has 6 nitrogen and oxygen atoms in total. The van der Waals surface area contributed by atoms with Crippen LogP contribution in [0.3, 0.4) is 0 Å². The predicted molar refractivity (Wildman–Crippen MR) is 99.0 cm³/mol. The fraction of sp³-hybridized carbons (Fsp3) is 0.167. The quantitative estimate of drug-likeness (QED) is 0.661. The molecular weight excluding hydrogens is 355 g/mol. The van der Waals surface area contributed by atoms with E-state index in [4.69, 9.17) is 23.4 Å². The number of hydrogen-bond donors (Lipinski definition) is 1. The van der Waals surface area contributed by atoms with E-state index in [1.807, 2.05) is 0 Å². The number of benzene rings is 2. The number of hydrogen-bond acceptors (Lipinski definition) is 5. The standard InChI is InChI=1S/C18H15FN4O2S/c1-18(2)16(24)22(13-4-3-11(10-20)15(19)9-13)17(26)23(18)12-5-7-14(25-21)8-6-12/h3-9H,21H2,1-2H3. The number of rotatable bonds is 3. The largest absolute Gasteiger partial charge is 0.412 e. The van der Waals surface area contributed by atoms with Crippen molar-refractivity contribution in [2.45, 2.75) is 19.4 Å². The lowest BCUT2D eigenvalue weighted by atomic mass is 10.0. The van der Waals surface area contributed by atoms with Gasteiger partial charge >= 0.3 is 0 Å². The molecule has 1 heterocycles. The first-order valence-electron chi connectivity index (χ1n) is 7.66. The maximum atomic E-state index is 14.0. The molecule has 1 aliphatic heterocycles. The van der Waals surface area contributed by atoms with Crippen molar-refractivity contribution in [1.82, 2.24) is 0 Å². The Morgan fingerprint density at radius 2 is 1.81 bits per heavy atom. The smallest absolute Gasteiger partial charge is 0.259 e. The predicted octanol–water partition coefficient (Wildman–Crippen LogP) is 2.87. The van der Waals surface area contributed by atoms with Crippen LogP contribution in [0.1, 0.15) is 19.4 Å². The second kappa shape index (κ2) is 6.37. The van der Waals surface area contributed by atoms with Gasteiger partial charge in [-0.15, -0.1) is 0 Å². The normalized spacial score (nSPS) is 16.0. The molecule has 0 saturated carbocycles. The Hall–Kier alpha value is -3.02. The van der Waals surface area contributed by atoms with Gasteiger partial charge in [-0.3, -0.25) is 9.69 Å². The molecule has 0 atom stereocenters. The summed E-state index contributed by atoms with van der Waals surface area (Å²) in [5.41, 5.74) is -0.133. The van der Waals surface area contributed by atoms with Crippen LogP contribution < -0.4 is 20.5 Å². The highest BCUT2D eigenvalue weighted by Gasteiger charge is 2.50. The number of nitrogens with two attached hydrogens (primary N) is 1. The van der Waals surface area contributed by atoms with Crippen molar-refractivity contribution in [1.29, 1.82) is 5.26 Å². The number of carbonyl (C=O) groups excluding carboxylic acids is 1. The van der Waals surface area contributed by atoms with Crippen molar-refractivity contribution in [3.05, 3.63) is 53.8 Å². The van der Waals surface area contributed by atoms with Gasteiger partial charge in [0.15, 0.2) is 5.11 Å². The molecule has 0 bridgehead atoms. The molecule has 132 valence electrons. The minimum atomic E-state index is -0.980. The second-order valence-electron chi connectivity index (χ2n) is 6.21. The first-order valence-corrected chi connectivity index (χ1v) is 8.07. The molecule has 2 aromatic carbocycles. The number of halogens is 1. The van der Waals surface area contributed by atoms with E-state index in [0.717, 1.165) is 6.07 Å². The van der Waals surface area contributed by atoms with Gasteiger partial charge in [-0.1, -0.05) is 0 Å². The summed E-state index contributed by atoms with van der Waals surface area (Å²) < 4.78 is 14.0. The third-order valence-electron chi connectivity index (χ3n) is 4.23. The van der Waals surface area contributed by atoms with Crippen LogP contribution in [-0.4, -0.2) is 16.6 Å². The second-order valence-corrected chi connectivity index (χ2v) is 6.57. The number of nitriles is 1. The number of amides is 1. The molecule has 1 fully saturated rings.